The summed E-state index contributed by atoms with van der Waals surface area (Å²) < 4.78 is 24.8. The van der Waals surface area contributed by atoms with Gasteiger partial charge in [-0.25, -0.2) is 4.39 Å². The second-order valence-corrected chi connectivity index (χ2v) is 8.65. The van der Waals surface area contributed by atoms with E-state index in [4.69, 9.17) is 21.1 Å². The average molecular weight is 547 g/mol. The molecule has 0 saturated carbocycles. The number of amides is 1. The molecule has 1 N–H and O–H groups in total. The fraction of sp³-hybridized carbons (Fsp3) is 0.120. The van der Waals surface area contributed by atoms with E-state index in [-0.39, 0.29) is 22.0 Å². The first-order chi connectivity index (χ1) is 16.3. The van der Waals surface area contributed by atoms with E-state index in [9.17, 15) is 19.1 Å². The Hall–Kier alpha value is -3.36. The number of carbonyl (C=O) groups is 2. The number of nitrogens with zero attached hydrogens (tertiary/aromatic N) is 1. The van der Waals surface area contributed by atoms with Gasteiger partial charge in [-0.2, -0.15) is 0 Å². The van der Waals surface area contributed by atoms with Crippen molar-refractivity contribution in [3.05, 3.63) is 92.7 Å². The van der Waals surface area contributed by atoms with Crippen LogP contribution in [0.4, 0.5) is 10.1 Å². The van der Waals surface area contributed by atoms with Crippen LogP contribution in [-0.4, -0.2) is 31.0 Å². The highest BCUT2D eigenvalue weighted by Crippen LogP contribution is 2.43. The molecular formula is C25H18BrClFNO5. The lowest BCUT2D eigenvalue weighted by Gasteiger charge is -2.25. The molecule has 0 bridgehead atoms. The highest BCUT2D eigenvalue weighted by Gasteiger charge is 2.47. The van der Waals surface area contributed by atoms with E-state index in [0.717, 1.165) is 6.07 Å². The lowest BCUT2D eigenvalue weighted by atomic mass is 9.95. The molecule has 4 rings (SSSR count). The number of methoxy groups -OCH3 is 2. The molecule has 1 unspecified atom stereocenters. The Morgan fingerprint density at radius 2 is 1.74 bits per heavy atom. The maximum absolute atomic E-state index is 13.8. The van der Waals surface area contributed by atoms with Crippen molar-refractivity contribution in [2.45, 2.75) is 6.04 Å². The number of aliphatic hydroxyl groups is 1. The maximum atomic E-state index is 13.8. The van der Waals surface area contributed by atoms with Gasteiger partial charge in [-0.15, -0.1) is 0 Å². The number of benzene rings is 3. The van der Waals surface area contributed by atoms with E-state index in [1.165, 1.54) is 31.3 Å². The first kappa shape index (κ1) is 23.8. The predicted octanol–water partition coefficient (Wildman–Crippen LogP) is 5.89. The molecule has 1 heterocycles. The van der Waals surface area contributed by atoms with Crippen molar-refractivity contribution in [3.8, 4) is 11.5 Å². The quantitative estimate of drug-likeness (QED) is 0.246. The zero-order chi connectivity index (χ0) is 24.6. The topological polar surface area (TPSA) is 76.1 Å². The summed E-state index contributed by atoms with van der Waals surface area (Å²) in [4.78, 5) is 27.6. The van der Waals surface area contributed by atoms with Crippen molar-refractivity contribution in [2.24, 2.45) is 0 Å². The van der Waals surface area contributed by atoms with Crippen LogP contribution >= 0.6 is 27.5 Å². The highest BCUT2D eigenvalue weighted by molar-refractivity contribution is 9.10. The molecule has 34 heavy (non-hydrogen) atoms. The van der Waals surface area contributed by atoms with Gasteiger partial charge in [0.2, 0.25) is 0 Å². The van der Waals surface area contributed by atoms with Gasteiger partial charge in [-0.3, -0.25) is 14.5 Å². The van der Waals surface area contributed by atoms with Crippen LogP contribution in [0, 0.1) is 5.82 Å². The number of hydrogen-bond acceptors (Lipinski definition) is 5. The molecule has 0 aromatic heterocycles. The Morgan fingerprint density at radius 1 is 1.03 bits per heavy atom. The zero-order valence-electron chi connectivity index (χ0n) is 18.0. The van der Waals surface area contributed by atoms with E-state index in [2.05, 4.69) is 15.9 Å². The van der Waals surface area contributed by atoms with Gasteiger partial charge in [0.05, 0.1) is 35.3 Å². The van der Waals surface area contributed by atoms with Crippen LogP contribution < -0.4 is 14.4 Å². The normalized spacial score (nSPS) is 17.2. The minimum atomic E-state index is -0.992. The predicted molar refractivity (Wildman–Crippen MR) is 130 cm³/mol. The van der Waals surface area contributed by atoms with Crippen molar-refractivity contribution in [1.29, 1.82) is 0 Å². The van der Waals surface area contributed by atoms with Gasteiger partial charge in [0.1, 0.15) is 23.1 Å². The van der Waals surface area contributed by atoms with E-state index < -0.39 is 23.5 Å². The SMILES string of the molecule is COc1ccc(C2/C(=C(\O)c3ccc(OC)c(Br)c3)C(=O)C(=O)N2c2ccc(F)c(Cl)c2)cc1. The number of hydrogen-bond donors (Lipinski definition) is 1. The molecule has 174 valence electrons. The molecule has 6 nitrogen and oxygen atoms in total. The van der Waals surface area contributed by atoms with Crippen LogP contribution in [0.1, 0.15) is 17.2 Å². The lowest BCUT2D eigenvalue weighted by Crippen LogP contribution is -2.29. The van der Waals surface area contributed by atoms with Crippen LogP contribution in [0.5, 0.6) is 11.5 Å². The standard InChI is InChI=1S/C25H18BrClFNO5/c1-33-16-7-3-13(4-8-16)22-21(23(30)14-5-10-20(34-2)17(26)11-14)24(31)25(32)29(22)15-6-9-19(28)18(27)12-15/h3-12,22,30H,1-2H3/b23-21+. The molecule has 3 aromatic rings. The summed E-state index contributed by atoms with van der Waals surface area (Å²) in [6.45, 7) is 0. The summed E-state index contributed by atoms with van der Waals surface area (Å²) in [5, 5.41) is 11.0. The summed E-state index contributed by atoms with van der Waals surface area (Å²) in [6, 6.07) is 14.3. The Labute approximate surface area is 208 Å². The van der Waals surface area contributed by atoms with Gasteiger partial charge in [0.15, 0.2) is 0 Å². The van der Waals surface area contributed by atoms with Gasteiger partial charge in [0.25, 0.3) is 11.7 Å². The number of carbonyl (C=O) groups excluding carboxylic acids is 2. The Morgan fingerprint density at radius 3 is 2.32 bits per heavy atom. The molecule has 1 saturated heterocycles. The summed E-state index contributed by atoms with van der Waals surface area (Å²) in [5.41, 5.74) is 0.938. The number of anilines is 1. The molecule has 0 aliphatic carbocycles. The molecule has 3 aromatic carbocycles. The van der Waals surface area contributed by atoms with Crippen LogP contribution in [0.3, 0.4) is 0 Å². The number of aliphatic hydroxyl groups excluding tert-OH is 1. The minimum absolute atomic E-state index is 0.118. The third-order valence-electron chi connectivity index (χ3n) is 5.48. The Bertz CT molecular complexity index is 1330. The Balaban J connectivity index is 1.94. The first-order valence-electron chi connectivity index (χ1n) is 10.0. The summed E-state index contributed by atoms with van der Waals surface area (Å²) in [7, 11) is 3.02. The van der Waals surface area contributed by atoms with Crippen molar-refractivity contribution < 1.29 is 28.6 Å². The van der Waals surface area contributed by atoms with Gasteiger partial charge < -0.3 is 14.6 Å². The van der Waals surface area contributed by atoms with E-state index in [1.54, 1.807) is 42.5 Å². The Kier molecular flexibility index (Phi) is 6.63. The van der Waals surface area contributed by atoms with Crippen LogP contribution in [0.2, 0.25) is 5.02 Å². The lowest BCUT2D eigenvalue weighted by molar-refractivity contribution is -0.132. The van der Waals surface area contributed by atoms with Gasteiger partial charge >= 0.3 is 0 Å². The molecule has 1 aliphatic rings. The van der Waals surface area contributed by atoms with Crippen molar-refractivity contribution in [3.63, 3.8) is 0 Å². The molecule has 0 spiro atoms. The third kappa shape index (κ3) is 4.15. The van der Waals surface area contributed by atoms with E-state index in [0.29, 0.717) is 27.1 Å². The number of ketones is 1. The minimum Gasteiger partial charge on any atom is -0.507 e. The van der Waals surface area contributed by atoms with Crippen LogP contribution in [0.25, 0.3) is 5.76 Å². The monoisotopic (exact) mass is 545 g/mol. The largest absolute Gasteiger partial charge is 0.507 e. The maximum Gasteiger partial charge on any atom is 0.300 e. The fourth-order valence-electron chi connectivity index (χ4n) is 3.80. The smallest absolute Gasteiger partial charge is 0.300 e. The van der Waals surface area contributed by atoms with Crippen molar-refractivity contribution in [2.75, 3.05) is 19.1 Å². The highest BCUT2D eigenvalue weighted by atomic mass is 79.9. The molecular weight excluding hydrogens is 529 g/mol. The molecule has 1 aliphatic heterocycles. The third-order valence-corrected chi connectivity index (χ3v) is 6.39. The summed E-state index contributed by atoms with van der Waals surface area (Å²) >= 11 is 9.32. The van der Waals surface area contributed by atoms with Crippen molar-refractivity contribution >= 4 is 50.7 Å². The molecule has 0 radical (unpaired) electrons. The van der Waals surface area contributed by atoms with Crippen molar-refractivity contribution in [1.82, 2.24) is 0 Å². The second kappa shape index (κ2) is 9.48. The van der Waals surface area contributed by atoms with Gasteiger partial charge in [-0.1, -0.05) is 23.7 Å². The molecule has 1 fully saturated rings. The van der Waals surface area contributed by atoms with Gasteiger partial charge in [-0.05, 0) is 70.0 Å². The first-order valence-corrected chi connectivity index (χ1v) is 11.2. The average Bonchev–Trinajstić information content (AvgIpc) is 3.10. The van der Waals surface area contributed by atoms with Crippen LogP contribution in [0.15, 0.2) is 70.7 Å². The van der Waals surface area contributed by atoms with E-state index in [1.807, 2.05) is 0 Å². The van der Waals surface area contributed by atoms with E-state index >= 15 is 0 Å². The number of Topliss-reactive ketones (excluding diaryl/α,β-unsaturated/α-hetero) is 1. The molecule has 1 amide bonds. The molecule has 9 heteroatoms. The number of halogens is 3. The summed E-state index contributed by atoms with van der Waals surface area (Å²) in [6.07, 6.45) is 0. The van der Waals surface area contributed by atoms with Gasteiger partial charge in [0, 0.05) is 11.3 Å². The second-order valence-electron chi connectivity index (χ2n) is 7.39. The number of rotatable bonds is 5. The zero-order valence-corrected chi connectivity index (χ0v) is 20.4. The summed E-state index contributed by atoms with van der Waals surface area (Å²) in [5.74, 6) is -1.68. The fourth-order valence-corrected chi connectivity index (χ4v) is 4.52. The number of ether oxygens (including phenoxy) is 2. The molecule has 1 atom stereocenters. The van der Waals surface area contributed by atoms with Crippen LogP contribution in [-0.2, 0) is 9.59 Å².